The van der Waals surface area contributed by atoms with Gasteiger partial charge in [-0.15, -0.1) is 11.3 Å². The van der Waals surface area contributed by atoms with E-state index >= 15 is 0 Å². The molecule has 140 valence electrons. The van der Waals surface area contributed by atoms with E-state index in [2.05, 4.69) is 17.2 Å². The van der Waals surface area contributed by atoms with Crippen LogP contribution in [0, 0.1) is 5.92 Å². The number of amides is 1. The topological polar surface area (TPSA) is 64.0 Å². The molecule has 0 bridgehead atoms. The van der Waals surface area contributed by atoms with E-state index in [1.165, 1.54) is 47.1 Å². The van der Waals surface area contributed by atoms with Crippen molar-refractivity contribution in [3.8, 4) is 0 Å². The molecule has 1 saturated carbocycles. The first-order valence-electron chi connectivity index (χ1n) is 9.92. The third kappa shape index (κ3) is 3.43. The monoisotopic (exact) mass is 373 g/mol. The Morgan fingerprint density at radius 3 is 2.88 bits per heavy atom. The number of nitrogens with zero attached hydrogens (tertiary/aromatic N) is 2. The standard InChI is InChI=1S/C20H27N3O2S/c1-13-7-5-6-9-15(13)22-17(24)11-23-12-21-19-18(20(23)25)14-8-3-2-4-10-16(14)26-19/h12-13,15H,2-11H2,1H3,(H,22,24). The molecule has 0 radical (unpaired) electrons. The van der Waals surface area contributed by atoms with Gasteiger partial charge in [-0.2, -0.15) is 0 Å². The maximum Gasteiger partial charge on any atom is 0.262 e. The molecule has 4 rings (SSSR count). The summed E-state index contributed by atoms with van der Waals surface area (Å²) in [7, 11) is 0. The lowest BCUT2D eigenvalue weighted by Gasteiger charge is -2.29. The Morgan fingerprint density at radius 1 is 1.23 bits per heavy atom. The molecule has 2 aliphatic rings. The van der Waals surface area contributed by atoms with Crippen molar-refractivity contribution >= 4 is 27.5 Å². The van der Waals surface area contributed by atoms with Crippen LogP contribution in [-0.4, -0.2) is 21.5 Å². The van der Waals surface area contributed by atoms with Crippen molar-refractivity contribution in [1.82, 2.24) is 14.9 Å². The number of nitrogens with one attached hydrogen (secondary N) is 1. The van der Waals surface area contributed by atoms with Gasteiger partial charge in [0.25, 0.3) is 5.56 Å². The number of aryl methyl sites for hydroxylation is 2. The van der Waals surface area contributed by atoms with Gasteiger partial charge in [-0.05, 0) is 50.0 Å². The summed E-state index contributed by atoms with van der Waals surface area (Å²) in [6, 6.07) is 0.237. The van der Waals surface area contributed by atoms with Crippen LogP contribution in [0.2, 0.25) is 0 Å². The fourth-order valence-electron chi connectivity index (χ4n) is 4.41. The van der Waals surface area contributed by atoms with Crippen molar-refractivity contribution in [2.75, 3.05) is 0 Å². The van der Waals surface area contributed by atoms with Crippen molar-refractivity contribution in [2.45, 2.75) is 77.3 Å². The molecular formula is C20H27N3O2S. The number of thiophene rings is 1. The maximum atomic E-state index is 13.0. The minimum Gasteiger partial charge on any atom is -0.352 e. The van der Waals surface area contributed by atoms with Crippen molar-refractivity contribution in [3.05, 3.63) is 27.1 Å². The van der Waals surface area contributed by atoms with E-state index in [0.717, 1.165) is 35.9 Å². The number of hydrogen-bond acceptors (Lipinski definition) is 4. The number of aromatic nitrogens is 2. The lowest BCUT2D eigenvalue weighted by molar-refractivity contribution is -0.123. The Bertz CT molecular complexity index is 870. The number of carbonyl (C=O) groups is 1. The lowest BCUT2D eigenvalue weighted by Crippen LogP contribution is -2.43. The molecular weight excluding hydrogens is 346 g/mol. The van der Waals surface area contributed by atoms with Crippen LogP contribution in [0.25, 0.3) is 10.2 Å². The third-order valence-corrected chi connectivity index (χ3v) is 7.16. The SMILES string of the molecule is CC1CCCCC1NC(=O)Cn1cnc2sc3c(c2c1=O)CCCCC3. The van der Waals surface area contributed by atoms with Gasteiger partial charge in [-0.3, -0.25) is 14.2 Å². The van der Waals surface area contributed by atoms with Gasteiger partial charge in [-0.1, -0.05) is 26.2 Å². The Kier molecular flexibility index (Phi) is 5.11. The first-order valence-corrected chi connectivity index (χ1v) is 10.7. The van der Waals surface area contributed by atoms with Crippen LogP contribution in [0.5, 0.6) is 0 Å². The lowest BCUT2D eigenvalue weighted by atomic mass is 9.86. The van der Waals surface area contributed by atoms with Gasteiger partial charge in [0.05, 0.1) is 11.7 Å². The molecule has 2 atom stereocenters. The highest BCUT2D eigenvalue weighted by Crippen LogP contribution is 2.32. The first kappa shape index (κ1) is 17.7. The second-order valence-electron chi connectivity index (χ2n) is 7.86. The number of rotatable bonds is 3. The van der Waals surface area contributed by atoms with Crippen LogP contribution >= 0.6 is 11.3 Å². The number of hydrogen-bond donors (Lipinski definition) is 1. The van der Waals surface area contributed by atoms with Crippen molar-refractivity contribution in [2.24, 2.45) is 5.92 Å². The largest absolute Gasteiger partial charge is 0.352 e. The van der Waals surface area contributed by atoms with Crippen LogP contribution in [0.4, 0.5) is 0 Å². The quantitative estimate of drug-likeness (QED) is 0.839. The van der Waals surface area contributed by atoms with Crippen LogP contribution < -0.4 is 10.9 Å². The molecule has 6 heteroatoms. The molecule has 0 saturated heterocycles. The zero-order valence-electron chi connectivity index (χ0n) is 15.4. The van der Waals surface area contributed by atoms with E-state index in [-0.39, 0.29) is 24.1 Å². The van der Waals surface area contributed by atoms with E-state index < -0.39 is 0 Å². The Hall–Kier alpha value is -1.69. The molecule has 2 aliphatic carbocycles. The van der Waals surface area contributed by atoms with Gasteiger partial charge in [0.15, 0.2) is 0 Å². The van der Waals surface area contributed by atoms with Crippen LogP contribution in [0.3, 0.4) is 0 Å². The molecule has 2 aromatic heterocycles. The first-order chi connectivity index (χ1) is 12.6. The van der Waals surface area contributed by atoms with Crippen molar-refractivity contribution < 1.29 is 4.79 Å². The average molecular weight is 374 g/mol. The minimum absolute atomic E-state index is 0.0544. The number of carbonyl (C=O) groups excluding carboxylic acids is 1. The van der Waals surface area contributed by atoms with Gasteiger partial charge in [0, 0.05) is 10.9 Å². The highest BCUT2D eigenvalue weighted by molar-refractivity contribution is 7.18. The van der Waals surface area contributed by atoms with Gasteiger partial charge in [0.1, 0.15) is 11.4 Å². The Morgan fingerprint density at radius 2 is 2.04 bits per heavy atom. The molecule has 1 fully saturated rings. The molecule has 1 amide bonds. The summed E-state index contributed by atoms with van der Waals surface area (Å²) in [5.41, 5.74) is 1.14. The summed E-state index contributed by atoms with van der Waals surface area (Å²) in [4.78, 5) is 32.2. The summed E-state index contributed by atoms with van der Waals surface area (Å²) >= 11 is 1.66. The van der Waals surface area contributed by atoms with E-state index in [1.54, 1.807) is 17.7 Å². The summed E-state index contributed by atoms with van der Waals surface area (Å²) in [5.74, 6) is 0.436. The van der Waals surface area contributed by atoms with Gasteiger partial charge in [-0.25, -0.2) is 4.98 Å². The van der Waals surface area contributed by atoms with Crippen LogP contribution in [-0.2, 0) is 24.2 Å². The van der Waals surface area contributed by atoms with Crippen LogP contribution in [0.15, 0.2) is 11.1 Å². The van der Waals surface area contributed by atoms with E-state index in [4.69, 9.17) is 0 Å². The zero-order valence-corrected chi connectivity index (χ0v) is 16.2. The smallest absolute Gasteiger partial charge is 0.262 e. The van der Waals surface area contributed by atoms with Crippen LogP contribution in [0.1, 0.15) is 62.3 Å². The fourth-order valence-corrected chi connectivity index (χ4v) is 5.63. The molecule has 0 spiro atoms. The van der Waals surface area contributed by atoms with Crippen molar-refractivity contribution in [1.29, 1.82) is 0 Å². The third-order valence-electron chi connectivity index (χ3n) is 5.96. The molecule has 5 nitrogen and oxygen atoms in total. The van der Waals surface area contributed by atoms with E-state index in [1.807, 2.05) is 0 Å². The second kappa shape index (κ2) is 7.51. The summed E-state index contributed by atoms with van der Waals surface area (Å²) in [6.45, 7) is 2.26. The number of fused-ring (bicyclic) bond motifs is 3. The van der Waals surface area contributed by atoms with E-state index in [9.17, 15) is 9.59 Å². The Balaban J connectivity index is 1.57. The molecule has 2 heterocycles. The molecule has 26 heavy (non-hydrogen) atoms. The maximum absolute atomic E-state index is 13.0. The van der Waals surface area contributed by atoms with Gasteiger partial charge < -0.3 is 5.32 Å². The molecule has 1 N–H and O–H groups in total. The predicted octanol–water partition coefficient (Wildman–Crippen LogP) is 3.42. The highest BCUT2D eigenvalue weighted by atomic mass is 32.1. The molecule has 2 aromatic rings. The normalized spacial score (nSPS) is 23.4. The fraction of sp³-hybridized carbons (Fsp3) is 0.650. The average Bonchev–Trinajstić information content (AvgIpc) is 2.82. The second-order valence-corrected chi connectivity index (χ2v) is 8.94. The summed E-state index contributed by atoms with van der Waals surface area (Å²) in [6.07, 6.45) is 11.7. The molecule has 0 aromatic carbocycles. The highest BCUT2D eigenvalue weighted by Gasteiger charge is 2.24. The minimum atomic E-state index is -0.0756. The molecule has 0 aliphatic heterocycles. The molecule has 2 unspecified atom stereocenters. The van der Waals surface area contributed by atoms with Gasteiger partial charge in [0.2, 0.25) is 5.91 Å². The van der Waals surface area contributed by atoms with Gasteiger partial charge >= 0.3 is 0 Å². The van der Waals surface area contributed by atoms with E-state index in [0.29, 0.717) is 5.92 Å². The summed E-state index contributed by atoms with van der Waals surface area (Å²) in [5, 5.41) is 3.89. The van der Waals surface area contributed by atoms with Crippen molar-refractivity contribution in [3.63, 3.8) is 0 Å². The predicted molar refractivity (Wildman–Crippen MR) is 105 cm³/mol. The summed E-state index contributed by atoms with van der Waals surface area (Å²) < 4.78 is 1.49. The zero-order chi connectivity index (χ0) is 18.1. The Labute approximate surface area is 157 Å².